The van der Waals surface area contributed by atoms with E-state index < -0.39 is 0 Å². The molecule has 0 aliphatic heterocycles. The fourth-order valence-electron chi connectivity index (χ4n) is 2.07. The molecule has 0 saturated heterocycles. The molecular formula is C10H20N4O2. The topological polar surface area (TPSA) is 82.3 Å². The second-order valence-electron chi connectivity index (χ2n) is 4.03. The molecular weight excluding hydrogens is 208 g/mol. The Balaban J connectivity index is 2.33. The Hall–Kier alpha value is -1.14. The van der Waals surface area contributed by atoms with Gasteiger partial charge < -0.3 is 0 Å². The van der Waals surface area contributed by atoms with Crippen LogP contribution < -0.4 is 21.7 Å². The van der Waals surface area contributed by atoms with Gasteiger partial charge in [0.2, 0.25) is 11.8 Å². The first-order valence-corrected chi connectivity index (χ1v) is 5.62. The smallest absolute Gasteiger partial charge is 0.237 e. The van der Waals surface area contributed by atoms with Gasteiger partial charge >= 0.3 is 0 Å². The van der Waals surface area contributed by atoms with Crippen molar-refractivity contribution in [3.63, 3.8) is 0 Å². The van der Waals surface area contributed by atoms with Crippen molar-refractivity contribution in [1.29, 1.82) is 0 Å². The van der Waals surface area contributed by atoms with Crippen molar-refractivity contribution >= 4 is 11.8 Å². The van der Waals surface area contributed by atoms with Crippen molar-refractivity contribution in [3.05, 3.63) is 0 Å². The Morgan fingerprint density at radius 1 is 0.812 bits per heavy atom. The third-order valence-corrected chi connectivity index (χ3v) is 2.97. The first-order valence-electron chi connectivity index (χ1n) is 5.62. The molecule has 4 N–H and O–H groups in total. The molecule has 0 atom stereocenters. The van der Waals surface area contributed by atoms with Gasteiger partial charge in [-0.2, -0.15) is 0 Å². The van der Waals surface area contributed by atoms with Crippen LogP contribution in [0.3, 0.4) is 0 Å². The first-order chi connectivity index (χ1) is 7.69. The molecule has 0 spiro atoms. The van der Waals surface area contributed by atoms with Crippen molar-refractivity contribution in [3.8, 4) is 0 Å². The molecule has 1 rings (SSSR count). The van der Waals surface area contributed by atoms with Gasteiger partial charge in [-0.15, -0.1) is 0 Å². The molecule has 2 amide bonds. The fourth-order valence-corrected chi connectivity index (χ4v) is 2.07. The fraction of sp³-hybridized carbons (Fsp3) is 0.800. The van der Waals surface area contributed by atoms with Gasteiger partial charge in [-0.3, -0.25) is 20.4 Å². The molecule has 16 heavy (non-hydrogen) atoms. The van der Waals surface area contributed by atoms with Gasteiger partial charge in [-0.25, -0.2) is 10.9 Å². The van der Waals surface area contributed by atoms with Crippen LogP contribution in [-0.4, -0.2) is 25.9 Å². The van der Waals surface area contributed by atoms with Crippen LogP contribution in [0.15, 0.2) is 0 Å². The normalized spacial score (nSPS) is 24.9. The zero-order valence-corrected chi connectivity index (χ0v) is 9.80. The predicted molar refractivity (Wildman–Crippen MR) is 59.9 cm³/mol. The number of carbonyl (C=O) groups excluding carboxylic acids is 2. The number of amides is 2. The van der Waals surface area contributed by atoms with E-state index in [2.05, 4.69) is 21.7 Å². The number of carbonyl (C=O) groups is 2. The summed E-state index contributed by atoms with van der Waals surface area (Å²) in [6.45, 7) is 0. The zero-order valence-electron chi connectivity index (χ0n) is 9.80. The number of rotatable bonds is 4. The average molecular weight is 228 g/mol. The Kier molecular flexibility index (Phi) is 5.21. The van der Waals surface area contributed by atoms with E-state index in [4.69, 9.17) is 0 Å². The zero-order chi connectivity index (χ0) is 12.0. The average Bonchev–Trinajstić information content (AvgIpc) is 2.30. The van der Waals surface area contributed by atoms with Crippen LogP contribution >= 0.6 is 0 Å². The van der Waals surface area contributed by atoms with Crippen LogP contribution in [-0.2, 0) is 9.59 Å². The summed E-state index contributed by atoms with van der Waals surface area (Å²) in [6, 6.07) is 0. The molecule has 0 aromatic heterocycles. The van der Waals surface area contributed by atoms with Gasteiger partial charge in [0.05, 0.1) is 0 Å². The lowest BCUT2D eigenvalue weighted by Gasteiger charge is -2.26. The molecule has 0 aromatic rings. The van der Waals surface area contributed by atoms with Crippen molar-refractivity contribution in [2.24, 2.45) is 11.8 Å². The van der Waals surface area contributed by atoms with Crippen LogP contribution in [0, 0.1) is 11.8 Å². The summed E-state index contributed by atoms with van der Waals surface area (Å²) in [5.41, 5.74) is 10.4. The van der Waals surface area contributed by atoms with Gasteiger partial charge in [0, 0.05) is 25.9 Å². The van der Waals surface area contributed by atoms with Crippen LogP contribution in [0.5, 0.6) is 0 Å². The summed E-state index contributed by atoms with van der Waals surface area (Å²) in [6.07, 6.45) is 3.09. The maximum absolute atomic E-state index is 11.5. The SMILES string of the molecule is CNNC(=O)C1CCC(C(=O)NNC)CC1. The summed E-state index contributed by atoms with van der Waals surface area (Å²) in [5.74, 6) is 0.113. The first kappa shape index (κ1) is 12.9. The number of hydrogen-bond donors (Lipinski definition) is 4. The molecule has 0 radical (unpaired) electrons. The summed E-state index contributed by atoms with van der Waals surface area (Å²) < 4.78 is 0. The Morgan fingerprint density at radius 2 is 1.12 bits per heavy atom. The minimum Gasteiger partial charge on any atom is -0.292 e. The quantitative estimate of drug-likeness (QED) is 0.479. The molecule has 6 heteroatoms. The van der Waals surface area contributed by atoms with E-state index in [1.807, 2.05) is 0 Å². The van der Waals surface area contributed by atoms with E-state index in [0.717, 1.165) is 25.7 Å². The van der Waals surface area contributed by atoms with E-state index in [9.17, 15) is 9.59 Å². The van der Waals surface area contributed by atoms with Gasteiger partial charge in [-0.05, 0) is 25.7 Å². The van der Waals surface area contributed by atoms with E-state index >= 15 is 0 Å². The van der Waals surface area contributed by atoms with Gasteiger partial charge in [0.25, 0.3) is 0 Å². The molecule has 1 aliphatic carbocycles. The van der Waals surface area contributed by atoms with E-state index in [1.54, 1.807) is 14.1 Å². The highest BCUT2D eigenvalue weighted by Gasteiger charge is 2.29. The number of nitrogens with one attached hydrogen (secondary N) is 4. The van der Waals surface area contributed by atoms with Crippen molar-refractivity contribution in [2.45, 2.75) is 25.7 Å². The Bertz CT molecular complexity index is 223. The maximum atomic E-state index is 11.5. The minimum atomic E-state index is 0.0231. The standard InChI is InChI=1S/C10H20N4O2/c1-11-13-9(15)7-3-5-8(6-4-7)10(16)14-12-2/h7-8,11-12H,3-6H2,1-2H3,(H,13,15)(H,14,16). The highest BCUT2D eigenvalue weighted by atomic mass is 16.2. The summed E-state index contributed by atoms with van der Waals surface area (Å²) in [5, 5.41) is 0. The lowest BCUT2D eigenvalue weighted by molar-refractivity contribution is -0.131. The molecule has 0 heterocycles. The largest absolute Gasteiger partial charge is 0.292 e. The van der Waals surface area contributed by atoms with Crippen LogP contribution in [0.1, 0.15) is 25.7 Å². The highest BCUT2D eigenvalue weighted by Crippen LogP contribution is 2.28. The monoisotopic (exact) mass is 228 g/mol. The third kappa shape index (κ3) is 3.46. The second-order valence-corrected chi connectivity index (χ2v) is 4.03. The second kappa shape index (κ2) is 6.44. The van der Waals surface area contributed by atoms with Gasteiger partial charge in [0.1, 0.15) is 0 Å². The van der Waals surface area contributed by atoms with E-state index in [0.29, 0.717) is 0 Å². The Labute approximate surface area is 95.5 Å². The lowest BCUT2D eigenvalue weighted by Crippen LogP contribution is -2.43. The molecule has 0 bridgehead atoms. The van der Waals surface area contributed by atoms with Gasteiger partial charge in [0.15, 0.2) is 0 Å². The van der Waals surface area contributed by atoms with Crippen LogP contribution in [0.2, 0.25) is 0 Å². The third-order valence-electron chi connectivity index (χ3n) is 2.97. The molecule has 0 aromatic carbocycles. The van der Waals surface area contributed by atoms with Crippen LogP contribution in [0.25, 0.3) is 0 Å². The van der Waals surface area contributed by atoms with Crippen molar-refractivity contribution in [1.82, 2.24) is 21.7 Å². The minimum absolute atomic E-state index is 0.0231. The molecule has 0 unspecified atom stereocenters. The van der Waals surface area contributed by atoms with Crippen LogP contribution in [0.4, 0.5) is 0 Å². The number of hydrogen-bond acceptors (Lipinski definition) is 4. The maximum Gasteiger partial charge on any atom is 0.237 e. The lowest BCUT2D eigenvalue weighted by atomic mass is 9.81. The molecule has 6 nitrogen and oxygen atoms in total. The van der Waals surface area contributed by atoms with Gasteiger partial charge in [-0.1, -0.05) is 0 Å². The van der Waals surface area contributed by atoms with Crippen molar-refractivity contribution < 1.29 is 9.59 Å². The molecule has 1 aliphatic rings. The predicted octanol–water partition coefficient (Wildman–Crippen LogP) is -0.706. The summed E-state index contributed by atoms with van der Waals surface area (Å²) in [4.78, 5) is 23.0. The van der Waals surface area contributed by atoms with E-state index in [-0.39, 0.29) is 23.7 Å². The number of hydrazine groups is 2. The molecule has 1 saturated carbocycles. The summed E-state index contributed by atoms with van der Waals surface area (Å²) in [7, 11) is 3.34. The van der Waals surface area contributed by atoms with Crippen molar-refractivity contribution in [2.75, 3.05) is 14.1 Å². The molecule has 92 valence electrons. The van der Waals surface area contributed by atoms with E-state index in [1.165, 1.54) is 0 Å². The Morgan fingerprint density at radius 3 is 1.38 bits per heavy atom. The molecule has 1 fully saturated rings. The highest BCUT2D eigenvalue weighted by molar-refractivity contribution is 5.80. The summed E-state index contributed by atoms with van der Waals surface area (Å²) >= 11 is 0.